The van der Waals surface area contributed by atoms with Gasteiger partial charge >= 0.3 is 5.97 Å². The molecule has 0 saturated carbocycles. The zero-order valence-corrected chi connectivity index (χ0v) is 14.3. The molecule has 2 aromatic heterocycles. The van der Waals surface area contributed by atoms with Crippen LogP contribution in [0.25, 0.3) is 5.65 Å². The summed E-state index contributed by atoms with van der Waals surface area (Å²) in [6.45, 7) is 3.28. The van der Waals surface area contributed by atoms with Crippen LogP contribution >= 0.6 is 11.6 Å². The van der Waals surface area contributed by atoms with Gasteiger partial charge < -0.3 is 10.1 Å². The highest BCUT2D eigenvalue weighted by Gasteiger charge is 2.19. The molecule has 1 amide bonds. The Balaban J connectivity index is 1.67. The van der Waals surface area contributed by atoms with Crippen LogP contribution in [0.3, 0.4) is 0 Å². The van der Waals surface area contributed by atoms with Gasteiger partial charge in [-0.2, -0.15) is 0 Å². The number of ether oxygens (including phenoxy) is 1. The van der Waals surface area contributed by atoms with Gasteiger partial charge in [0.1, 0.15) is 5.82 Å². The summed E-state index contributed by atoms with van der Waals surface area (Å²) >= 11 is 5.80. The minimum absolute atomic E-state index is 0.307. The van der Waals surface area contributed by atoms with Gasteiger partial charge in [0, 0.05) is 16.9 Å². The molecule has 0 aliphatic carbocycles. The SMILES string of the molecule is Cc1nnc2ccc(C(=O)OC(C)C(=O)Nc3ccc(Cl)cc3)cn12. The van der Waals surface area contributed by atoms with E-state index >= 15 is 0 Å². The predicted octanol–water partition coefficient (Wildman–Crippen LogP) is 2.88. The Kier molecular flexibility index (Phi) is 4.67. The fourth-order valence-electron chi connectivity index (χ4n) is 2.19. The number of carbonyl (C=O) groups is 2. The zero-order valence-electron chi connectivity index (χ0n) is 13.6. The number of pyridine rings is 1. The molecule has 3 aromatic rings. The van der Waals surface area contributed by atoms with Gasteiger partial charge in [0.15, 0.2) is 11.8 Å². The number of nitrogens with zero attached hydrogens (tertiary/aromatic N) is 3. The summed E-state index contributed by atoms with van der Waals surface area (Å²) in [5.41, 5.74) is 1.50. The smallest absolute Gasteiger partial charge is 0.340 e. The lowest BCUT2D eigenvalue weighted by molar-refractivity contribution is -0.123. The van der Waals surface area contributed by atoms with Crippen LogP contribution in [0.4, 0.5) is 5.69 Å². The molecule has 1 aromatic carbocycles. The number of aryl methyl sites for hydroxylation is 1. The van der Waals surface area contributed by atoms with Gasteiger partial charge in [0.05, 0.1) is 5.56 Å². The number of hydrogen-bond donors (Lipinski definition) is 1. The normalized spacial score (nSPS) is 12.0. The van der Waals surface area contributed by atoms with Crippen molar-refractivity contribution in [1.82, 2.24) is 14.6 Å². The average molecular weight is 359 g/mol. The molecular weight excluding hydrogens is 344 g/mol. The number of fused-ring (bicyclic) bond motifs is 1. The molecule has 0 spiro atoms. The van der Waals surface area contributed by atoms with Crippen molar-refractivity contribution in [2.75, 3.05) is 5.32 Å². The number of benzene rings is 1. The van der Waals surface area contributed by atoms with Crippen molar-refractivity contribution in [1.29, 1.82) is 0 Å². The van der Waals surface area contributed by atoms with E-state index in [2.05, 4.69) is 15.5 Å². The van der Waals surface area contributed by atoms with Crippen molar-refractivity contribution in [3.63, 3.8) is 0 Å². The largest absolute Gasteiger partial charge is 0.449 e. The maximum atomic E-state index is 12.3. The van der Waals surface area contributed by atoms with Crippen LogP contribution in [-0.4, -0.2) is 32.6 Å². The van der Waals surface area contributed by atoms with Crippen LogP contribution in [0.5, 0.6) is 0 Å². The fraction of sp³-hybridized carbons (Fsp3) is 0.176. The summed E-state index contributed by atoms with van der Waals surface area (Å²) in [6, 6.07) is 9.88. The number of hydrogen-bond acceptors (Lipinski definition) is 5. The predicted molar refractivity (Wildman–Crippen MR) is 92.7 cm³/mol. The molecule has 2 heterocycles. The molecule has 0 aliphatic rings. The van der Waals surface area contributed by atoms with Gasteiger partial charge in [0.25, 0.3) is 5.91 Å². The standard InChI is InChI=1S/C17H15ClN4O3/c1-10(16(23)19-14-6-4-13(18)5-7-14)25-17(24)12-3-8-15-21-20-11(2)22(15)9-12/h3-10H,1-2H3,(H,19,23). The summed E-state index contributed by atoms with van der Waals surface area (Å²) in [7, 11) is 0. The van der Waals surface area contributed by atoms with E-state index in [1.54, 1.807) is 53.9 Å². The minimum atomic E-state index is -0.958. The molecule has 0 radical (unpaired) electrons. The van der Waals surface area contributed by atoms with E-state index in [9.17, 15) is 9.59 Å². The Morgan fingerprint density at radius 2 is 1.88 bits per heavy atom. The lowest BCUT2D eigenvalue weighted by atomic mass is 10.2. The number of nitrogens with one attached hydrogen (secondary N) is 1. The number of aromatic nitrogens is 3. The molecule has 128 valence electrons. The zero-order chi connectivity index (χ0) is 18.0. The molecule has 8 heteroatoms. The molecule has 1 unspecified atom stereocenters. The Morgan fingerprint density at radius 3 is 2.60 bits per heavy atom. The summed E-state index contributed by atoms with van der Waals surface area (Å²) in [5.74, 6) is -0.385. The molecule has 3 rings (SSSR count). The number of esters is 1. The second kappa shape index (κ2) is 6.90. The lowest BCUT2D eigenvalue weighted by Crippen LogP contribution is -2.30. The van der Waals surface area contributed by atoms with E-state index in [1.807, 2.05) is 0 Å². The summed E-state index contributed by atoms with van der Waals surface area (Å²) < 4.78 is 6.90. The molecule has 1 atom stereocenters. The average Bonchev–Trinajstić information content (AvgIpc) is 2.97. The van der Waals surface area contributed by atoms with Gasteiger partial charge in [-0.1, -0.05) is 11.6 Å². The van der Waals surface area contributed by atoms with Crippen molar-refractivity contribution < 1.29 is 14.3 Å². The monoisotopic (exact) mass is 358 g/mol. The van der Waals surface area contributed by atoms with Crippen molar-refractivity contribution >= 4 is 34.8 Å². The summed E-state index contributed by atoms with van der Waals surface area (Å²) in [6.07, 6.45) is 0.623. The van der Waals surface area contributed by atoms with E-state index in [1.165, 1.54) is 6.92 Å². The van der Waals surface area contributed by atoms with Gasteiger partial charge in [-0.25, -0.2) is 4.79 Å². The Labute approximate surface area is 148 Å². The first-order chi connectivity index (χ1) is 11.9. The highest BCUT2D eigenvalue weighted by atomic mass is 35.5. The number of halogens is 1. The van der Waals surface area contributed by atoms with E-state index in [0.29, 0.717) is 27.7 Å². The maximum absolute atomic E-state index is 12.3. The maximum Gasteiger partial charge on any atom is 0.340 e. The third-order valence-corrected chi connectivity index (χ3v) is 3.83. The number of rotatable bonds is 4. The van der Waals surface area contributed by atoms with Crippen LogP contribution in [0.15, 0.2) is 42.6 Å². The first kappa shape index (κ1) is 16.9. The first-order valence-electron chi connectivity index (χ1n) is 7.53. The molecule has 7 nitrogen and oxygen atoms in total. The van der Waals surface area contributed by atoms with Gasteiger partial charge in [0.2, 0.25) is 0 Å². The van der Waals surface area contributed by atoms with Gasteiger partial charge in [-0.15, -0.1) is 10.2 Å². The fourth-order valence-corrected chi connectivity index (χ4v) is 2.31. The highest BCUT2D eigenvalue weighted by molar-refractivity contribution is 6.30. The van der Waals surface area contributed by atoms with E-state index in [-0.39, 0.29) is 0 Å². The molecule has 0 saturated heterocycles. The van der Waals surface area contributed by atoms with Gasteiger partial charge in [-0.05, 0) is 50.2 Å². The second-order valence-electron chi connectivity index (χ2n) is 5.44. The van der Waals surface area contributed by atoms with Crippen molar-refractivity contribution in [2.45, 2.75) is 20.0 Å². The second-order valence-corrected chi connectivity index (χ2v) is 5.87. The third kappa shape index (κ3) is 3.77. The minimum Gasteiger partial charge on any atom is -0.449 e. The Morgan fingerprint density at radius 1 is 1.16 bits per heavy atom. The first-order valence-corrected chi connectivity index (χ1v) is 7.90. The van der Waals surface area contributed by atoms with Crippen molar-refractivity contribution in [3.05, 3.63) is 59.0 Å². The topological polar surface area (TPSA) is 85.6 Å². The lowest BCUT2D eigenvalue weighted by Gasteiger charge is -2.13. The van der Waals surface area contributed by atoms with Crippen molar-refractivity contribution in [3.8, 4) is 0 Å². The molecular formula is C17H15ClN4O3. The van der Waals surface area contributed by atoms with Crippen molar-refractivity contribution in [2.24, 2.45) is 0 Å². The summed E-state index contributed by atoms with van der Waals surface area (Å²) in [4.78, 5) is 24.4. The molecule has 0 fully saturated rings. The van der Waals surface area contributed by atoms with Crippen LogP contribution < -0.4 is 5.32 Å². The Hall–Kier alpha value is -2.93. The Bertz CT molecular complexity index is 937. The van der Waals surface area contributed by atoms with E-state index in [4.69, 9.17) is 16.3 Å². The number of amides is 1. The van der Waals surface area contributed by atoms with E-state index < -0.39 is 18.0 Å². The summed E-state index contributed by atoms with van der Waals surface area (Å²) in [5, 5.41) is 11.1. The molecule has 0 aliphatic heterocycles. The quantitative estimate of drug-likeness (QED) is 0.725. The van der Waals surface area contributed by atoms with Crippen LogP contribution in [-0.2, 0) is 9.53 Å². The van der Waals surface area contributed by atoms with Gasteiger partial charge in [-0.3, -0.25) is 9.20 Å². The molecule has 25 heavy (non-hydrogen) atoms. The van der Waals surface area contributed by atoms with Crippen LogP contribution in [0.1, 0.15) is 23.1 Å². The molecule has 0 bridgehead atoms. The third-order valence-electron chi connectivity index (χ3n) is 3.57. The number of anilines is 1. The molecule has 1 N–H and O–H groups in total. The highest BCUT2D eigenvalue weighted by Crippen LogP contribution is 2.14. The van der Waals surface area contributed by atoms with Crippen LogP contribution in [0, 0.1) is 6.92 Å². The van der Waals surface area contributed by atoms with Crippen LogP contribution in [0.2, 0.25) is 5.02 Å². The van der Waals surface area contributed by atoms with E-state index in [0.717, 1.165) is 0 Å². The number of carbonyl (C=O) groups excluding carboxylic acids is 2.